The van der Waals surface area contributed by atoms with Crippen LogP contribution in [0.25, 0.3) is 33.9 Å². The fourth-order valence-electron chi connectivity index (χ4n) is 4.22. The van der Waals surface area contributed by atoms with E-state index in [1.807, 2.05) is 70.0 Å². The summed E-state index contributed by atoms with van der Waals surface area (Å²) in [6.45, 7) is 1.10. The zero-order valence-electron chi connectivity index (χ0n) is 19.4. The Hall–Kier alpha value is -4.98. The second-order valence-corrected chi connectivity index (χ2v) is 8.34. The van der Waals surface area contributed by atoms with Gasteiger partial charge >= 0.3 is 0 Å². The number of nitrogens with zero attached hydrogens (tertiary/aromatic N) is 8. The minimum atomic E-state index is 0.548. The molecule has 0 aliphatic heterocycles. The second kappa shape index (κ2) is 9.71. The van der Waals surface area contributed by atoms with Gasteiger partial charge in [0.05, 0.1) is 13.1 Å². The molecule has 4 aromatic heterocycles. The van der Waals surface area contributed by atoms with Gasteiger partial charge in [-0.3, -0.25) is 9.97 Å². The Morgan fingerprint density at radius 2 is 0.944 bits per heavy atom. The van der Waals surface area contributed by atoms with Gasteiger partial charge < -0.3 is 0 Å². The summed E-state index contributed by atoms with van der Waals surface area (Å²) in [5.41, 5.74) is 7.07. The van der Waals surface area contributed by atoms with E-state index in [9.17, 15) is 0 Å². The van der Waals surface area contributed by atoms with E-state index in [-0.39, 0.29) is 0 Å². The van der Waals surface area contributed by atoms with Crippen LogP contribution in [0.3, 0.4) is 0 Å². The fourth-order valence-corrected chi connectivity index (χ4v) is 4.22. The van der Waals surface area contributed by atoms with Crippen molar-refractivity contribution < 1.29 is 0 Å². The van der Waals surface area contributed by atoms with Crippen molar-refractivity contribution in [3.8, 4) is 33.9 Å². The third kappa shape index (κ3) is 4.27. The number of rotatable bonds is 7. The monoisotopic (exact) mass is 470 g/mol. The Morgan fingerprint density at radius 1 is 0.500 bits per heavy atom. The van der Waals surface area contributed by atoms with Crippen molar-refractivity contribution in [3.05, 3.63) is 121 Å². The van der Waals surface area contributed by atoms with Gasteiger partial charge in [0.2, 0.25) is 0 Å². The van der Waals surface area contributed by atoms with E-state index in [4.69, 9.17) is 0 Å². The van der Waals surface area contributed by atoms with Gasteiger partial charge in [0.1, 0.15) is 22.8 Å². The predicted octanol–water partition coefficient (Wildman–Crippen LogP) is 4.76. The van der Waals surface area contributed by atoms with E-state index in [1.165, 1.54) is 0 Å². The SMILES string of the molecule is c1ccc(Cn2nnc(-c3cccnc3)c2-c2c(-c3cccnc3)nnn2Cc2ccccc2)cc1. The Kier molecular flexibility index (Phi) is 5.81. The zero-order valence-corrected chi connectivity index (χ0v) is 19.4. The van der Waals surface area contributed by atoms with E-state index in [0.29, 0.717) is 13.1 Å². The van der Waals surface area contributed by atoms with Crippen LogP contribution in [-0.2, 0) is 13.1 Å². The summed E-state index contributed by atoms with van der Waals surface area (Å²) in [7, 11) is 0. The Bertz CT molecular complexity index is 1440. The largest absolute Gasteiger partial charge is 0.264 e. The van der Waals surface area contributed by atoms with E-state index in [1.54, 1.807) is 24.8 Å². The highest BCUT2D eigenvalue weighted by Crippen LogP contribution is 2.36. The standard InChI is InChI=1S/C28H22N8/c1-3-9-21(10-4-1)19-35-27(25(31-33-35)23-13-7-15-29-17-23)28-26(24-14-8-16-30-18-24)32-34-36(28)20-22-11-5-2-6-12-22/h1-18H,19-20H2. The number of aromatic nitrogens is 8. The van der Waals surface area contributed by atoms with Crippen molar-refractivity contribution in [2.75, 3.05) is 0 Å². The van der Waals surface area contributed by atoms with Crippen LogP contribution in [0, 0.1) is 0 Å². The molecule has 4 heterocycles. The lowest BCUT2D eigenvalue weighted by Gasteiger charge is -2.12. The molecule has 0 N–H and O–H groups in total. The van der Waals surface area contributed by atoms with Crippen LogP contribution < -0.4 is 0 Å². The van der Waals surface area contributed by atoms with Crippen molar-refractivity contribution >= 4 is 0 Å². The molecule has 174 valence electrons. The summed E-state index contributed by atoms with van der Waals surface area (Å²) in [5.74, 6) is 0. The second-order valence-electron chi connectivity index (χ2n) is 8.34. The van der Waals surface area contributed by atoms with Gasteiger partial charge in [-0.15, -0.1) is 10.2 Å². The van der Waals surface area contributed by atoms with E-state index in [2.05, 4.69) is 54.9 Å². The normalized spacial score (nSPS) is 11.0. The molecular formula is C28H22N8. The number of benzene rings is 2. The van der Waals surface area contributed by atoms with E-state index in [0.717, 1.165) is 45.0 Å². The molecule has 0 radical (unpaired) electrons. The van der Waals surface area contributed by atoms with Crippen LogP contribution in [0.15, 0.2) is 110 Å². The molecule has 36 heavy (non-hydrogen) atoms. The predicted molar refractivity (Wildman–Crippen MR) is 137 cm³/mol. The maximum absolute atomic E-state index is 4.61. The molecule has 8 nitrogen and oxygen atoms in total. The quantitative estimate of drug-likeness (QED) is 0.334. The Morgan fingerprint density at radius 3 is 1.33 bits per heavy atom. The Labute approximate surface area is 207 Å². The molecule has 0 saturated heterocycles. The molecule has 0 aliphatic carbocycles. The lowest BCUT2D eigenvalue weighted by molar-refractivity contribution is 0.630. The summed E-state index contributed by atoms with van der Waals surface area (Å²) in [6, 6.07) is 28.2. The van der Waals surface area contributed by atoms with Gasteiger partial charge in [0.15, 0.2) is 0 Å². The molecular weight excluding hydrogens is 448 g/mol. The fraction of sp³-hybridized carbons (Fsp3) is 0.0714. The summed E-state index contributed by atoms with van der Waals surface area (Å²) in [6.07, 6.45) is 7.10. The first-order valence-corrected chi connectivity index (χ1v) is 11.6. The summed E-state index contributed by atoms with van der Waals surface area (Å²) >= 11 is 0. The van der Waals surface area contributed by atoms with Gasteiger partial charge in [-0.05, 0) is 35.4 Å². The highest BCUT2D eigenvalue weighted by atomic mass is 15.5. The van der Waals surface area contributed by atoms with Crippen LogP contribution in [0.5, 0.6) is 0 Å². The first-order chi connectivity index (χ1) is 17.9. The highest BCUT2D eigenvalue weighted by molar-refractivity contribution is 5.84. The molecule has 0 bridgehead atoms. The van der Waals surface area contributed by atoms with Crippen molar-refractivity contribution in [3.63, 3.8) is 0 Å². The average Bonchev–Trinajstić information content (AvgIpc) is 3.54. The van der Waals surface area contributed by atoms with Gasteiger partial charge in [-0.1, -0.05) is 71.1 Å². The molecule has 0 fully saturated rings. The lowest BCUT2D eigenvalue weighted by Crippen LogP contribution is -2.10. The lowest BCUT2D eigenvalue weighted by atomic mass is 10.1. The molecule has 6 rings (SSSR count). The van der Waals surface area contributed by atoms with Gasteiger partial charge in [0, 0.05) is 35.9 Å². The molecule has 8 heteroatoms. The summed E-state index contributed by atoms with van der Waals surface area (Å²) in [4.78, 5) is 8.64. The molecule has 0 saturated carbocycles. The van der Waals surface area contributed by atoms with Crippen LogP contribution in [0.2, 0.25) is 0 Å². The van der Waals surface area contributed by atoms with Crippen LogP contribution in [0.1, 0.15) is 11.1 Å². The first kappa shape index (κ1) is 21.5. The van der Waals surface area contributed by atoms with Crippen LogP contribution >= 0.6 is 0 Å². The molecule has 0 aliphatic rings. The van der Waals surface area contributed by atoms with Gasteiger partial charge in [-0.2, -0.15) is 0 Å². The van der Waals surface area contributed by atoms with Crippen molar-refractivity contribution in [1.82, 2.24) is 40.0 Å². The molecule has 0 unspecified atom stereocenters. The van der Waals surface area contributed by atoms with Crippen LogP contribution in [0.4, 0.5) is 0 Å². The smallest absolute Gasteiger partial charge is 0.124 e. The topological polar surface area (TPSA) is 87.2 Å². The summed E-state index contributed by atoms with van der Waals surface area (Å²) < 4.78 is 3.83. The molecule has 2 aromatic carbocycles. The average molecular weight is 471 g/mol. The summed E-state index contributed by atoms with van der Waals surface area (Å²) in [5, 5.41) is 18.4. The van der Waals surface area contributed by atoms with Gasteiger partial charge in [-0.25, -0.2) is 9.36 Å². The first-order valence-electron chi connectivity index (χ1n) is 11.6. The molecule has 0 amide bonds. The van der Waals surface area contributed by atoms with E-state index < -0.39 is 0 Å². The van der Waals surface area contributed by atoms with Crippen molar-refractivity contribution in [2.24, 2.45) is 0 Å². The maximum Gasteiger partial charge on any atom is 0.124 e. The van der Waals surface area contributed by atoms with E-state index >= 15 is 0 Å². The minimum absolute atomic E-state index is 0.548. The van der Waals surface area contributed by atoms with Crippen molar-refractivity contribution in [1.29, 1.82) is 0 Å². The molecule has 0 atom stereocenters. The highest BCUT2D eigenvalue weighted by Gasteiger charge is 2.26. The minimum Gasteiger partial charge on any atom is -0.264 e. The number of pyridine rings is 2. The number of hydrogen-bond donors (Lipinski definition) is 0. The zero-order chi connectivity index (χ0) is 24.2. The van der Waals surface area contributed by atoms with Crippen LogP contribution in [-0.4, -0.2) is 40.0 Å². The van der Waals surface area contributed by atoms with Crippen molar-refractivity contribution in [2.45, 2.75) is 13.1 Å². The Balaban J connectivity index is 1.58. The third-order valence-corrected chi connectivity index (χ3v) is 5.91. The molecule has 6 aromatic rings. The molecule has 0 spiro atoms. The maximum atomic E-state index is 4.61. The number of hydrogen-bond acceptors (Lipinski definition) is 6. The third-order valence-electron chi connectivity index (χ3n) is 5.91. The van der Waals surface area contributed by atoms with Gasteiger partial charge in [0.25, 0.3) is 0 Å².